The highest BCUT2D eigenvalue weighted by atomic mass is 16.5. The fourth-order valence-corrected chi connectivity index (χ4v) is 1.92. The van der Waals surface area contributed by atoms with E-state index >= 15 is 0 Å². The molecule has 0 fully saturated rings. The molecule has 1 heterocycles. The first-order valence-corrected chi connectivity index (χ1v) is 6.51. The summed E-state index contributed by atoms with van der Waals surface area (Å²) in [6, 6.07) is 7.95. The van der Waals surface area contributed by atoms with Crippen LogP contribution in [0.15, 0.2) is 24.3 Å². The topological polar surface area (TPSA) is 63.9 Å². The van der Waals surface area contributed by atoms with Gasteiger partial charge < -0.3 is 15.5 Å². The second-order valence-corrected chi connectivity index (χ2v) is 5.24. The van der Waals surface area contributed by atoms with Crippen LogP contribution in [0.25, 0.3) is 11.3 Å². The van der Waals surface area contributed by atoms with E-state index in [0.29, 0.717) is 6.61 Å². The van der Waals surface area contributed by atoms with Crippen molar-refractivity contribution < 1.29 is 4.74 Å². The van der Waals surface area contributed by atoms with E-state index in [4.69, 9.17) is 10.5 Å². The zero-order valence-electron chi connectivity index (χ0n) is 11.9. The van der Waals surface area contributed by atoms with Crippen molar-refractivity contribution in [3.8, 4) is 17.0 Å². The number of nitrogens with one attached hydrogen (secondary N) is 1. The maximum atomic E-state index is 6.07. The molecule has 1 aromatic heterocycles. The molecule has 19 heavy (non-hydrogen) atoms. The summed E-state index contributed by atoms with van der Waals surface area (Å²) < 4.78 is 5.44. The van der Waals surface area contributed by atoms with Gasteiger partial charge in [0, 0.05) is 11.3 Å². The molecular weight excluding hydrogens is 238 g/mol. The molecule has 0 saturated heterocycles. The third-order valence-electron chi connectivity index (χ3n) is 2.93. The summed E-state index contributed by atoms with van der Waals surface area (Å²) in [5, 5.41) is 0. The number of aromatic amines is 1. The summed E-state index contributed by atoms with van der Waals surface area (Å²) in [5.74, 6) is 1.67. The monoisotopic (exact) mass is 259 g/mol. The Hall–Kier alpha value is -1.81. The molecule has 1 aromatic carbocycles. The van der Waals surface area contributed by atoms with Crippen LogP contribution in [0.4, 0.5) is 0 Å². The molecule has 4 nitrogen and oxygen atoms in total. The molecule has 0 aliphatic rings. The summed E-state index contributed by atoms with van der Waals surface area (Å²) in [7, 11) is 0. The van der Waals surface area contributed by atoms with E-state index in [2.05, 4.69) is 9.97 Å². The molecule has 2 aromatic rings. The van der Waals surface area contributed by atoms with Crippen molar-refractivity contribution in [1.82, 2.24) is 9.97 Å². The molecule has 0 aliphatic carbocycles. The summed E-state index contributed by atoms with van der Waals surface area (Å²) >= 11 is 0. The first kappa shape index (κ1) is 13.6. The Morgan fingerprint density at radius 2 is 1.89 bits per heavy atom. The van der Waals surface area contributed by atoms with E-state index < -0.39 is 5.54 Å². The van der Waals surface area contributed by atoms with Crippen molar-refractivity contribution >= 4 is 0 Å². The maximum Gasteiger partial charge on any atom is 0.126 e. The Kier molecular flexibility index (Phi) is 3.62. The number of hydrogen-bond donors (Lipinski definition) is 2. The van der Waals surface area contributed by atoms with Gasteiger partial charge in [-0.1, -0.05) is 0 Å². The van der Waals surface area contributed by atoms with E-state index in [1.54, 1.807) is 0 Å². The van der Waals surface area contributed by atoms with Crippen molar-refractivity contribution in [2.45, 2.75) is 33.2 Å². The van der Waals surface area contributed by atoms with E-state index in [0.717, 1.165) is 28.5 Å². The number of hydrogen-bond acceptors (Lipinski definition) is 3. The second kappa shape index (κ2) is 5.05. The summed E-state index contributed by atoms with van der Waals surface area (Å²) in [5.41, 5.74) is 8.63. The van der Waals surface area contributed by atoms with Crippen LogP contribution in [-0.4, -0.2) is 16.6 Å². The van der Waals surface area contributed by atoms with Gasteiger partial charge in [0.25, 0.3) is 0 Å². The number of ether oxygens (including phenoxy) is 1. The first-order valence-electron chi connectivity index (χ1n) is 6.51. The van der Waals surface area contributed by atoms with Gasteiger partial charge in [0.2, 0.25) is 0 Å². The highest BCUT2D eigenvalue weighted by molar-refractivity contribution is 5.63. The normalized spacial score (nSPS) is 11.6. The number of imidazole rings is 1. The maximum absolute atomic E-state index is 6.07. The number of H-pyrrole nitrogens is 1. The SMILES string of the molecule is CCOc1ccc(-c2nc(C(C)(C)N)[nH]c2C)cc1. The van der Waals surface area contributed by atoms with Crippen LogP contribution in [0, 0.1) is 6.92 Å². The molecule has 0 radical (unpaired) electrons. The molecule has 0 unspecified atom stereocenters. The van der Waals surface area contributed by atoms with Crippen molar-refractivity contribution in [1.29, 1.82) is 0 Å². The molecule has 0 saturated carbocycles. The smallest absolute Gasteiger partial charge is 0.126 e. The highest BCUT2D eigenvalue weighted by Gasteiger charge is 2.20. The largest absolute Gasteiger partial charge is 0.494 e. The molecule has 0 aliphatic heterocycles. The third-order valence-corrected chi connectivity index (χ3v) is 2.93. The predicted molar refractivity (Wildman–Crippen MR) is 77.1 cm³/mol. The van der Waals surface area contributed by atoms with Crippen LogP contribution in [0.3, 0.4) is 0 Å². The summed E-state index contributed by atoms with van der Waals surface area (Å²) in [6.45, 7) is 8.53. The van der Waals surface area contributed by atoms with Gasteiger partial charge in [0.05, 0.1) is 17.8 Å². The number of benzene rings is 1. The Morgan fingerprint density at radius 3 is 2.37 bits per heavy atom. The highest BCUT2D eigenvalue weighted by Crippen LogP contribution is 2.26. The van der Waals surface area contributed by atoms with Gasteiger partial charge in [-0.15, -0.1) is 0 Å². The zero-order chi connectivity index (χ0) is 14.0. The summed E-state index contributed by atoms with van der Waals surface area (Å²) in [6.07, 6.45) is 0. The molecule has 0 amide bonds. The summed E-state index contributed by atoms with van der Waals surface area (Å²) in [4.78, 5) is 7.86. The van der Waals surface area contributed by atoms with Gasteiger partial charge in [0.1, 0.15) is 11.6 Å². The number of aromatic nitrogens is 2. The fourth-order valence-electron chi connectivity index (χ4n) is 1.92. The lowest BCUT2D eigenvalue weighted by atomic mass is 10.1. The quantitative estimate of drug-likeness (QED) is 0.887. The van der Waals surface area contributed by atoms with Crippen molar-refractivity contribution in [2.24, 2.45) is 5.73 Å². The molecule has 0 atom stereocenters. The number of nitrogens with zero attached hydrogens (tertiary/aromatic N) is 1. The van der Waals surface area contributed by atoms with Gasteiger partial charge in [0.15, 0.2) is 0 Å². The van der Waals surface area contributed by atoms with E-state index in [9.17, 15) is 0 Å². The Bertz CT molecular complexity index is 550. The van der Waals surface area contributed by atoms with E-state index in [1.165, 1.54) is 0 Å². The van der Waals surface area contributed by atoms with Crippen molar-refractivity contribution in [3.05, 3.63) is 35.8 Å². The molecule has 2 rings (SSSR count). The van der Waals surface area contributed by atoms with Gasteiger partial charge >= 0.3 is 0 Å². The molecule has 102 valence electrons. The Morgan fingerprint density at radius 1 is 1.26 bits per heavy atom. The minimum atomic E-state index is -0.464. The van der Waals surface area contributed by atoms with E-state index in [-0.39, 0.29) is 0 Å². The first-order chi connectivity index (χ1) is 8.91. The molecule has 0 spiro atoms. The zero-order valence-corrected chi connectivity index (χ0v) is 11.9. The van der Waals surface area contributed by atoms with Crippen molar-refractivity contribution in [3.63, 3.8) is 0 Å². The molecule has 0 bridgehead atoms. The Labute approximate surface area is 114 Å². The Balaban J connectivity index is 2.34. The number of aryl methyl sites for hydroxylation is 1. The van der Waals surface area contributed by atoms with Crippen LogP contribution >= 0.6 is 0 Å². The van der Waals surface area contributed by atoms with Gasteiger partial charge in [-0.25, -0.2) is 4.98 Å². The third kappa shape index (κ3) is 2.96. The van der Waals surface area contributed by atoms with Crippen LogP contribution in [0.5, 0.6) is 5.75 Å². The van der Waals surface area contributed by atoms with Crippen LogP contribution in [-0.2, 0) is 5.54 Å². The van der Waals surface area contributed by atoms with Gasteiger partial charge in [-0.2, -0.15) is 0 Å². The molecular formula is C15H21N3O. The van der Waals surface area contributed by atoms with E-state index in [1.807, 2.05) is 52.0 Å². The average Bonchev–Trinajstić information content (AvgIpc) is 2.73. The second-order valence-electron chi connectivity index (χ2n) is 5.24. The number of nitrogens with two attached hydrogens (primary N) is 1. The average molecular weight is 259 g/mol. The predicted octanol–water partition coefficient (Wildman–Crippen LogP) is 2.98. The number of rotatable bonds is 4. The van der Waals surface area contributed by atoms with Crippen LogP contribution in [0.1, 0.15) is 32.3 Å². The van der Waals surface area contributed by atoms with Gasteiger partial charge in [-0.05, 0) is 52.0 Å². The minimum Gasteiger partial charge on any atom is -0.494 e. The lowest BCUT2D eigenvalue weighted by Crippen LogP contribution is -2.30. The lowest BCUT2D eigenvalue weighted by molar-refractivity contribution is 0.340. The van der Waals surface area contributed by atoms with Gasteiger partial charge in [-0.3, -0.25) is 0 Å². The molecule has 4 heteroatoms. The fraction of sp³-hybridized carbons (Fsp3) is 0.400. The van der Waals surface area contributed by atoms with Crippen LogP contribution in [0.2, 0.25) is 0 Å². The standard InChI is InChI=1S/C15H21N3O/c1-5-19-12-8-6-11(7-9-12)13-10(2)17-14(18-13)15(3,4)16/h6-9H,5,16H2,1-4H3,(H,17,18). The lowest BCUT2D eigenvalue weighted by Gasteiger charge is -2.14. The van der Waals surface area contributed by atoms with Crippen LogP contribution < -0.4 is 10.5 Å². The molecule has 3 N–H and O–H groups in total. The van der Waals surface area contributed by atoms with Crippen molar-refractivity contribution in [2.75, 3.05) is 6.61 Å². The minimum absolute atomic E-state index is 0.464.